The topological polar surface area (TPSA) is 40.5 Å². The van der Waals surface area contributed by atoms with Crippen LogP contribution < -0.4 is 0 Å². The predicted octanol–water partition coefficient (Wildman–Crippen LogP) is 3.65. The predicted molar refractivity (Wildman–Crippen MR) is 91.4 cm³/mol. The summed E-state index contributed by atoms with van der Waals surface area (Å²) in [5.41, 5.74) is 1.72. The zero-order valence-corrected chi connectivity index (χ0v) is 13.9. The number of benzene rings is 1. The molecule has 0 amide bonds. The van der Waals surface area contributed by atoms with E-state index in [0.717, 1.165) is 23.8 Å². The van der Waals surface area contributed by atoms with Crippen LogP contribution in [0.1, 0.15) is 12.0 Å². The van der Waals surface area contributed by atoms with Crippen LogP contribution in [0.25, 0.3) is 5.57 Å². The van der Waals surface area contributed by atoms with Crippen molar-refractivity contribution in [3.8, 4) is 0 Å². The van der Waals surface area contributed by atoms with Crippen LogP contribution in [0.5, 0.6) is 0 Å². The minimum Gasteiger partial charge on any atom is -0.508 e. The van der Waals surface area contributed by atoms with Crippen LogP contribution in [-0.2, 0) is 11.0 Å². The lowest BCUT2D eigenvalue weighted by Crippen LogP contribution is -2.33. The second-order valence-electron chi connectivity index (χ2n) is 5.69. The average molecular weight is 349 g/mol. The van der Waals surface area contributed by atoms with Crippen LogP contribution in [-0.4, -0.2) is 32.5 Å². The Hall–Kier alpha value is -2.05. The molecular weight excluding hydrogens is 332 g/mol. The molecule has 0 fully saturated rings. The lowest BCUT2D eigenvalue weighted by molar-refractivity contribution is 0.429. The van der Waals surface area contributed by atoms with Gasteiger partial charge in [-0.2, -0.15) is 0 Å². The normalized spacial score (nSPS) is 22.6. The van der Waals surface area contributed by atoms with E-state index in [2.05, 4.69) is 0 Å². The Bertz CT molecular complexity index is 808. The number of aliphatic hydroxyl groups is 1. The zero-order chi connectivity index (χ0) is 17.3. The van der Waals surface area contributed by atoms with Gasteiger partial charge in [-0.1, -0.05) is 18.2 Å². The lowest BCUT2D eigenvalue weighted by Gasteiger charge is -2.23. The van der Waals surface area contributed by atoms with Crippen molar-refractivity contribution in [2.24, 2.45) is 0 Å². The van der Waals surface area contributed by atoms with Gasteiger partial charge in [-0.25, -0.2) is 17.3 Å². The fourth-order valence-corrected chi connectivity index (χ4v) is 3.74. The Morgan fingerprint density at radius 1 is 1.33 bits per heavy atom. The molecule has 2 aliphatic rings. The second-order valence-corrected chi connectivity index (χ2v) is 7.01. The van der Waals surface area contributed by atoms with E-state index in [0.29, 0.717) is 12.0 Å². The maximum Gasteiger partial charge on any atom is 0.130 e. The lowest BCUT2D eigenvalue weighted by atomic mass is 10.0. The number of hydrogen-bond acceptors (Lipinski definition) is 2. The molecule has 0 bridgehead atoms. The van der Waals surface area contributed by atoms with E-state index in [-0.39, 0.29) is 23.9 Å². The second kappa shape index (κ2) is 6.83. The molecule has 1 N–H and O–H groups in total. The van der Waals surface area contributed by atoms with E-state index >= 15 is 0 Å². The van der Waals surface area contributed by atoms with Gasteiger partial charge in [0.2, 0.25) is 0 Å². The van der Waals surface area contributed by atoms with Crippen molar-refractivity contribution >= 4 is 16.6 Å². The Balaban J connectivity index is 1.99. The summed E-state index contributed by atoms with van der Waals surface area (Å²) in [5.74, 6) is -0.842. The number of rotatable bonds is 3. The van der Waals surface area contributed by atoms with E-state index in [1.807, 2.05) is 12.2 Å². The Labute approximate surface area is 141 Å². The van der Waals surface area contributed by atoms with Crippen molar-refractivity contribution in [2.45, 2.75) is 12.5 Å². The summed E-state index contributed by atoms with van der Waals surface area (Å²) in [6.07, 6.45) is 10.7. The quantitative estimate of drug-likeness (QED) is 0.905. The van der Waals surface area contributed by atoms with Crippen LogP contribution in [0, 0.1) is 11.6 Å². The molecule has 3 nitrogen and oxygen atoms in total. The van der Waals surface area contributed by atoms with Gasteiger partial charge in [-0.15, -0.1) is 0 Å². The van der Waals surface area contributed by atoms with Crippen molar-refractivity contribution < 1.29 is 18.1 Å². The number of hydrogen-bond donors (Lipinski definition) is 1. The van der Waals surface area contributed by atoms with E-state index in [9.17, 15) is 18.1 Å². The van der Waals surface area contributed by atoms with Crippen molar-refractivity contribution in [1.82, 2.24) is 4.31 Å². The standard InChI is InChI=1S/C18H17F2NO2S/c1-24(23)21-11-13(16-10-14(19)6-8-17(16)20)9-18(21)12-3-2-4-15(22)7-5-12/h2-4,6-10,18,22H,5,11H2,1H3. The van der Waals surface area contributed by atoms with Gasteiger partial charge in [0.05, 0.1) is 17.0 Å². The molecular formula is C18H17F2NO2S. The number of nitrogens with zero attached hydrogens (tertiary/aromatic N) is 1. The zero-order valence-electron chi connectivity index (χ0n) is 13.1. The molecule has 1 heterocycles. The molecule has 1 aromatic carbocycles. The van der Waals surface area contributed by atoms with Gasteiger partial charge in [0, 0.05) is 18.4 Å². The smallest absolute Gasteiger partial charge is 0.130 e. The van der Waals surface area contributed by atoms with Crippen molar-refractivity contribution in [2.75, 3.05) is 12.8 Å². The third-order valence-corrected chi connectivity index (χ3v) is 5.12. The highest BCUT2D eigenvalue weighted by Gasteiger charge is 2.31. The van der Waals surface area contributed by atoms with Gasteiger partial charge in [-0.3, -0.25) is 0 Å². The summed E-state index contributed by atoms with van der Waals surface area (Å²) in [7, 11) is -1.28. The third-order valence-electron chi connectivity index (χ3n) is 4.10. The van der Waals surface area contributed by atoms with Crippen LogP contribution in [0.4, 0.5) is 8.78 Å². The largest absolute Gasteiger partial charge is 0.508 e. The van der Waals surface area contributed by atoms with Gasteiger partial charge in [0.15, 0.2) is 0 Å². The fraction of sp³-hybridized carbons (Fsp3) is 0.222. The van der Waals surface area contributed by atoms with E-state index in [1.54, 1.807) is 28.8 Å². The first kappa shape index (κ1) is 16.8. The first-order valence-electron chi connectivity index (χ1n) is 7.48. The molecule has 24 heavy (non-hydrogen) atoms. The molecule has 0 saturated heterocycles. The van der Waals surface area contributed by atoms with Gasteiger partial charge in [0.25, 0.3) is 0 Å². The molecule has 2 unspecified atom stereocenters. The minimum atomic E-state index is -1.28. The molecule has 0 aromatic heterocycles. The maximum absolute atomic E-state index is 14.1. The Morgan fingerprint density at radius 2 is 2.12 bits per heavy atom. The van der Waals surface area contributed by atoms with E-state index in [1.165, 1.54) is 0 Å². The summed E-state index contributed by atoms with van der Waals surface area (Å²) >= 11 is 0. The molecule has 6 heteroatoms. The Morgan fingerprint density at radius 3 is 2.88 bits per heavy atom. The van der Waals surface area contributed by atoms with Crippen LogP contribution in [0.15, 0.2) is 59.9 Å². The molecule has 1 aliphatic carbocycles. The van der Waals surface area contributed by atoms with Crippen LogP contribution >= 0.6 is 0 Å². The highest BCUT2D eigenvalue weighted by Crippen LogP contribution is 2.33. The molecule has 0 spiro atoms. The van der Waals surface area contributed by atoms with Gasteiger partial charge < -0.3 is 5.11 Å². The first-order valence-corrected chi connectivity index (χ1v) is 9.00. The molecule has 126 valence electrons. The van der Waals surface area contributed by atoms with Gasteiger partial charge >= 0.3 is 0 Å². The summed E-state index contributed by atoms with van der Waals surface area (Å²) < 4.78 is 41.4. The minimum absolute atomic E-state index is 0.170. The van der Waals surface area contributed by atoms with E-state index < -0.39 is 22.6 Å². The number of halogens is 2. The SMILES string of the molecule is CS(=O)N1CC(c2cc(F)ccc2F)=CC1C1=CC=CC(O)=CC1. The number of aliphatic hydroxyl groups excluding tert-OH is 1. The summed E-state index contributed by atoms with van der Waals surface area (Å²) in [6.45, 7) is 0.269. The molecule has 3 rings (SSSR count). The average Bonchev–Trinajstić information content (AvgIpc) is 2.87. The summed E-state index contributed by atoms with van der Waals surface area (Å²) in [5, 5.41) is 9.58. The molecule has 2 atom stereocenters. The highest BCUT2D eigenvalue weighted by molar-refractivity contribution is 7.81. The molecule has 1 aliphatic heterocycles. The molecule has 0 radical (unpaired) electrons. The summed E-state index contributed by atoms with van der Waals surface area (Å²) in [6, 6.07) is 3.04. The van der Waals surface area contributed by atoms with Gasteiger partial charge in [-0.05, 0) is 47.9 Å². The van der Waals surface area contributed by atoms with Crippen LogP contribution in [0.2, 0.25) is 0 Å². The molecule has 0 saturated carbocycles. The van der Waals surface area contributed by atoms with Crippen molar-refractivity contribution in [1.29, 1.82) is 0 Å². The monoisotopic (exact) mass is 349 g/mol. The summed E-state index contributed by atoms with van der Waals surface area (Å²) in [4.78, 5) is 0. The van der Waals surface area contributed by atoms with Crippen molar-refractivity contribution in [3.05, 3.63) is 77.1 Å². The van der Waals surface area contributed by atoms with Gasteiger partial charge in [0.1, 0.15) is 17.4 Å². The fourth-order valence-electron chi connectivity index (χ4n) is 2.90. The van der Waals surface area contributed by atoms with Crippen LogP contribution in [0.3, 0.4) is 0 Å². The highest BCUT2D eigenvalue weighted by atomic mass is 32.2. The van der Waals surface area contributed by atoms with E-state index in [4.69, 9.17) is 0 Å². The maximum atomic E-state index is 14.1. The van der Waals surface area contributed by atoms with Crippen molar-refractivity contribution in [3.63, 3.8) is 0 Å². The third kappa shape index (κ3) is 3.39. The first-order chi connectivity index (χ1) is 11.5. The molecule has 1 aromatic rings. The number of allylic oxidation sites excluding steroid dienone is 4. The Kier molecular flexibility index (Phi) is 4.78.